The Kier molecular flexibility index (Phi) is 4.74. The van der Waals surface area contributed by atoms with Crippen LogP contribution in [-0.2, 0) is 5.54 Å². The summed E-state index contributed by atoms with van der Waals surface area (Å²) in [7, 11) is 0. The van der Waals surface area contributed by atoms with Crippen molar-refractivity contribution in [3.8, 4) is 0 Å². The lowest BCUT2D eigenvalue weighted by atomic mass is 9.85. The fourth-order valence-electron chi connectivity index (χ4n) is 1.73. The molecular formula is C12H22N2S. The third kappa shape index (κ3) is 2.79. The number of rotatable bonds is 6. The van der Waals surface area contributed by atoms with Gasteiger partial charge in [-0.1, -0.05) is 27.2 Å². The smallest absolute Gasteiger partial charge is 0.113 e. The summed E-state index contributed by atoms with van der Waals surface area (Å²) in [6.45, 7) is 10.1. The Bertz CT molecular complexity index is 271. The van der Waals surface area contributed by atoms with Gasteiger partial charge in [0.15, 0.2) is 0 Å². The lowest BCUT2D eigenvalue weighted by Gasteiger charge is -2.34. The van der Waals surface area contributed by atoms with Crippen LogP contribution in [-0.4, -0.2) is 11.5 Å². The lowest BCUT2D eigenvalue weighted by molar-refractivity contribution is 0.242. The second kappa shape index (κ2) is 5.61. The highest BCUT2D eigenvalue weighted by molar-refractivity contribution is 7.09. The summed E-state index contributed by atoms with van der Waals surface area (Å²) >= 11 is 1.75. The molecule has 0 fully saturated rings. The molecule has 1 rings (SSSR count). The highest BCUT2D eigenvalue weighted by Crippen LogP contribution is 2.32. The molecule has 0 amide bonds. The summed E-state index contributed by atoms with van der Waals surface area (Å²) in [5.41, 5.74) is 0.0406. The highest BCUT2D eigenvalue weighted by Gasteiger charge is 2.33. The van der Waals surface area contributed by atoms with Gasteiger partial charge in [-0.2, -0.15) is 0 Å². The summed E-state index contributed by atoms with van der Waals surface area (Å²) in [5.74, 6) is 0.607. The zero-order chi connectivity index (χ0) is 11.3. The highest BCUT2D eigenvalue weighted by atomic mass is 32.1. The number of nitrogens with one attached hydrogen (secondary N) is 1. The SMILES string of the molecule is CCCNC(C)(c1nccs1)C(C)CC. The molecule has 2 unspecified atom stereocenters. The van der Waals surface area contributed by atoms with E-state index < -0.39 is 0 Å². The van der Waals surface area contributed by atoms with Gasteiger partial charge in [-0.05, 0) is 25.8 Å². The Hall–Kier alpha value is -0.410. The first-order valence-corrected chi connectivity index (χ1v) is 6.68. The van der Waals surface area contributed by atoms with Crippen molar-refractivity contribution < 1.29 is 0 Å². The monoisotopic (exact) mass is 226 g/mol. The van der Waals surface area contributed by atoms with E-state index in [-0.39, 0.29) is 5.54 Å². The summed E-state index contributed by atoms with van der Waals surface area (Å²) in [4.78, 5) is 4.47. The Morgan fingerprint density at radius 3 is 2.73 bits per heavy atom. The molecule has 0 bridgehead atoms. The summed E-state index contributed by atoms with van der Waals surface area (Å²) in [6.07, 6.45) is 4.23. The van der Waals surface area contributed by atoms with Crippen molar-refractivity contribution in [3.63, 3.8) is 0 Å². The van der Waals surface area contributed by atoms with E-state index in [2.05, 4.69) is 43.4 Å². The van der Waals surface area contributed by atoms with Gasteiger partial charge in [0.2, 0.25) is 0 Å². The second-order valence-corrected chi connectivity index (χ2v) is 5.17. The number of thiazole rings is 1. The summed E-state index contributed by atoms with van der Waals surface area (Å²) in [5, 5.41) is 6.92. The number of hydrogen-bond donors (Lipinski definition) is 1. The zero-order valence-corrected chi connectivity index (χ0v) is 11.0. The van der Waals surface area contributed by atoms with Crippen LogP contribution >= 0.6 is 11.3 Å². The van der Waals surface area contributed by atoms with E-state index in [9.17, 15) is 0 Å². The van der Waals surface area contributed by atoms with Gasteiger partial charge in [0.05, 0.1) is 5.54 Å². The fraction of sp³-hybridized carbons (Fsp3) is 0.750. The molecule has 0 aliphatic heterocycles. The third-order valence-corrected chi connectivity index (χ3v) is 4.23. The van der Waals surface area contributed by atoms with Gasteiger partial charge in [0.1, 0.15) is 5.01 Å². The van der Waals surface area contributed by atoms with Crippen molar-refractivity contribution in [1.82, 2.24) is 10.3 Å². The topological polar surface area (TPSA) is 24.9 Å². The van der Waals surface area contributed by atoms with Crippen molar-refractivity contribution in [2.75, 3.05) is 6.54 Å². The number of aromatic nitrogens is 1. The fourth-order valence-corrected chi connectivity index (χ4v) is 2.62. The third-order valence-electron chi connectivity index (χ3n) is 3.22. The summed E-state index contributed by atoms with van der Waals surface area (Å²) < 4.78 is 0. The minimum Gasteiger partial charge on any atom is -0.305 e. The molecule has 0 saturated carbocycles. The van der Waals surface area contributed by atoms with Gasteiger partial charge in [0, 0.05) is 11.6 Å². The van der Waals surface area contributed by atoms with Gasteiger partial charge in [-0.15, -0.1) is 11.3 Å². The van der Waals surface area contributed by atoms with E-state index in [1.807, 2.05) is 6.20 Å². The molecule has 0 saturated heterocycles. The molecule has 86 valence electrons. The van der Waals surface area contributed by atoms with Crippen LogP contribution in [0.4, 0.5) is 0 Å². The molecule has 0 spiro atoms. The van der Waals surface area contributed by atoms with Crippen LogP contribution in [0.1, 0.15) is 45.5 Å². The van der Waals surface area contributed by atoms with E-state index >= 15 is 0 Å². The molecular weight excluding hydrogens is 204 g/mol. The molecule has 15 heavy (non-hydrogen) atoms. The van der Waals surface area contributed by atoms with E-state index in [4.69, 9.17) is 0 Å². The number of hydrogen-bond acceptors (Lipinski definition) is 3. The van der Waals surface area contributed by atoms with Crippen LogP contribution < -0.4 is 5.32 Å². The summed E-state index contributed by atoms with van der Waals surface area (Å²) in [6, 6.07) is 0. The van der Waals surface area contributed by atoms with Gasteiger partial charge in [-0.3, -0.25) is 0 Å². The largest absolute Gasteiger partial charge is 0.305 e. The van der Waals surface area contributed by atoms with Crippen molar-refractivity contribution in [1.29, 1.82) is 0 Å². The van der Waals surface area contributed by atoms with Crippen LogP contribution in [0.2, 0.25) is 0 Å². The average molecular weight is 226 g/mol. The van der Waals surface area contributed by atoms with Gasteiger partial charge >= 0.3 is 0 Å². The van der Waals surface area contributed by atoms with Crippen molar-refractivity contribution in [2.45, 2.75) is 46.1 Å². The average Bonchev–Trinajstić information content (AvgIpc) is 2.78. The Balaban J connectivity index is 2.85. The van der Waals surface area contributed by atoms with E-state index in [0.717, 1.165) is 13.0 Å². The molecule has 1 aromatic heterocycles. The molecule has 3 heteroatoms. The minimum atomic E-state index is 0.0406. The predicted octanol–water partition coefficient (Wildman–Crippen LogP) is 3.40. The molecule has 1 heterocycles. The maximum Gasteiger partial charge on any atom is 0.113 e. The molecule has 0 aromatic carbocycles. The standard InChI is InChI=1S/C12H22N2S/c1-5-7-14-12(4,10(3)6-2)11-13-8-9-15-11/h8-10,14H,5-7H2,1-4H3. The van der Waals surface area contributed by atoms with Crippen LogP contribution in [0, 0.1) is 5.92 Å². The molecule has 0 radical (unpaired) electrons. The quantitative estimate of drug-likeness (QED) is 0.804. The van der Waals surface area contributed by atoms with E-state index in [1.54, 1.807) is 11.3 Å². The van der Waals surface area contributed by atoms with Gasteiger partial charge in [-0.25, -0.2) is 4.98 Å². The van der Waals surface area contributed by atoms with Crippen LogP contribution in [0.25, 0.3) is 0 Å². The minimum absolute atomic E-state index is 0.0406. The normalized spacial score (nSPS) is 17.3. The molecule has 2 atom stereocenters. The predicted molar refractivity (Wildman–Crippen MR) is 67.2 cm³/mol. The maximum absolute atomic E-state index is 4.47. The first-order chi connectivity index (χ1) is 7.15. The first-order valence-electron chi connectivity index (χ1n) is 5.80. The van der Waals surface area contributed by atoms with Crippen LogP contribution in [0.15, 0.2) is 11.6 Å². The molecule has 1 aromatic rings. The second-order valence-electron chi connectivity index (χ2n) is 4.28. The first kappa shape index (κ1) is 12.7. The molecule has 2 nitrogen and oxygen atoms in total. The molecule has 0 aliphatic carbocycles. The van der Waals surface area contributed by atoms with Crippen molar-refractivity contribution in [3.05, 3.63) is 16.6 Å². The molecule has 0 aliphatic rings. The van der Waals surface area contributed by atoms with Crippen molar-refractivity contribution >= 4 is 11.3 Å². The Labute approximate surface area is 97.1 Å². The Morgan fingerprint density at radius 2 is 2.27 bits per heavy atom. The maximum atomic E-state index is 4.47. The van der Waals surface area contributed by atoms with E-state index in [0.29, 0.717) is 5.92 Å². The number of nitrogens with zero attached hydrogens (tertiary/aromatic N) is 1. The van der Waals surface area contributed by atoms with Crippen molar-refractivity contribution in [2.24, 2.45) is 5.92 Å². The van der Waals surface area contributed by atoms with Crippen LogP contribution in [0.3, 0.4) is 0 Å². The van der Waals surface area contributed by atoms with Crippen LogP contribution in [0.5, 0.6) is 0 Å². The van der Waals surface area contributed by atoms with Gasteiger partial charge < -0.3 is 5.32 Å². The zero-order valence-electron chi connectivity index (χ0n) is 10.2. The van der Waals surface area contributed by atoms with E-state index in [1.165, 1.54) is 11.4 Å². The van der Waals surface area contributed by atoms with Gasteiger partial charge in [0.25, 0.3) is 0 Å². The lowest BCUT2D eigenvalue weighted by Crippen LogP contribution is -2.45. The Morgan fingerprint density at radius 1 is 1.53 bits per heavy atom. The molecule has 1 N–H and O–H groups in total.